The molecule has 1 N–H and O–H groups in total. The predicted molar refractivity (Wildman–Crippen MR) is 95.5 cm³/mol. The molecule has 2 aromatic rings. The van der Waals surface area contributed by atoms with Crippen LogP contribution in [-0.2, 0) is 16.6 Å². The Morgan fingerprint density at radius 3 is 2.61 bits per heavy atom. The SMILES string of the molecule is CC(=O)c1ccc(CCNC(=O)C2(c3cccs3)CCCC2)s1. The minimum atomic E-state index is -0.311. The second-order valence-electron chi connectivity index (χ2n) is 6.09. The third-order valence-electron chi connectivity index (χ3n) is 4.55. The van der Waals surface area contributed by atoms with E-state index < -0.39 is 0 Å². The molecule has 0 unspecified atom stereocenters. The van der Waals surface area contributed by atoms with Crippen LogP contribution in [0.1, 0.15) is 52.0 Å². The lowest BCUT2D eigenvalue weighted by Crippen LogP contribution is -2.42. The second-order valence-corrected chi connectivity index (χ2v) is 8.21. The van der Waals surface area contributed by atoms with Gasteiger partial charge in [0.25, 0.3) is 0 Å². The van der Waals surface area contributed by atoms with Crippen molar-refractivity contribution in [1.82, 2.24) is 5.32 Å². The molecule has 0 bridgehead atoms. The monoisotopic (exact) mass is 347 g/mol. The number of hydrogen-bond donors (Lipinski definition) is 1. The minimum Gasteiger partial charge on any atom is -0.355 e. The van der Waals surface area contributed by atoms with Crippen LogP contribution in [0.2, 0.25) is 0 Å². The van der Waals surface area contributed by atoms with E-state index in [-0.39, 0.29) is 17.1 Å². The smallest absolute Gasteiger partial charge is 0.231 e. The second kappa shape index (κ2) is 6.97. The molecule has 1 saturated carbocycles. The maximum Gasteiger partial charge on any atom is 0.231 e. The van der Waals surface area contributed by atoms with Gasteiger partial charge in [0, 0.05) is 16.3 Å². The number of nitrogens with one attached hydrogen (secondary N) is 1. The lowest BCUT2D eigenvalue weighted by Gasteiger charge is -2.26. The van der Waals surface area contributed by atoms with E-state index in [0.29, 0.717) is 6.54 Å². The van der Waals surface area contributed by atoms with Crippen molar-refractivity contribution in [3.63, 3.8) is 0 Å². The standard InChI is InChI=1S/C18H21NO2S2/c1-13(20)15-7-6-14(23-15)8-11-19-17(21)18(9-2-3-10-18)16-5-4-12-22-16/h4-7,12H,2-3,8-11H2,1H3,(H,19,21). The zero-order valence-corrected chi connectivity index (χ0v) is 14.9. The van der Waals surface area contributed by atoms with E-state index in [2.05, 4.69) is 16.8 Å². The summed E-state index contributed by atoms with van der Waals surface area (Å²) in [7, 11) is 0. The van der Waals surface area contributed by atoms with Gasteiger partial charge in [0.2, 0.25) is 5.91 Å². The van der Waals surface area contributed by atoms with Crippen LogP contribution in [-0.4, -0.2) is 18.2 Å². The van der Waals surface area contributed by atoms with Crippen molar-refractivity contribution in [3.8, 4) is 0 Å². The molecule has 0 atom stereocenters. The van der Waals surface area contributed by atoms with E-state index in [1.807, 2.05) is 18.2 Å². The Morgan fingerprint density at radius 1 is 1.22 bits per heavy atom. The van der Waals surface area contributed by atoms with Gasteiger partial charge in [-0.2, -0.15) is 0 Å². The van der Waals surface area contributed by atoms with Crippen LogP contribution < -0.4 is 5.32 Å². The first kappa shape index (κ1) is 16.4. The number of carbonyl (C=O) groups is 2. The van der Waals surface area contributed by atoms with Gasteiger partial charge in [-0.15, -0.1) is 22.7 Å². The molecule has 0 radical (unpaired) electrons. The zero-order chi connectivity index (χ0) is 16.3. The van der Waals surface area contributed by atoms with Crippen LogP contribution in [0.5, 0.6) is 0 Å². The summed E-state index contributed by atoms with van der Waals surface area (Å²) in [6.07, 6.45) is 4.93. The van der Waals surface area contributed by atoms with Gasteiger partial charge in [-0.1, -0.05) is 18.9 Å². The van der Waals surface area contributed by atoms with E-state index in [1.165, 1.54) is 16.2 Å². The molecule has 1 amide bonds. The summed E-state index contributed by atoms with van der Waals surface area (Å²) in [5.41, 5.74) is -0.311. The summed E-state index contributed by atoms with van der Waals surface area (Å²) in [6.45, 7) is 2.21. The van der Waals surface area contributed by atoms with Crippen molar-refractivity contribution < 1.29 is 9.59 Å². The fourth-order valence-electron chi connectivity index (χ4n) is 3.28. The zero-order valence-electron chi connectivity index (χ0n) is 13.3. The van der Waals surface area contributed by atoms with Crippen molar-refractivity contribution in [2.24, 2.45) is 0 Å². The first-order valence-corrected chi connectivity index (χ1v) is 9.73. The molecule has 3 rings (SSSR count). The Morgan fingerprint density at radius 2 is 2.00 bits per heavy atom. The summed E-state index contributed by atoms with van der Waals surface area (Å²) < 4.78 is 0. The number of Topliss-reactive ketones (excluding diaryl/α,β-unsaturated/α-hetero) is 1. The number of amides is 1. The van der Waals surface area contributed by atoms with Crippen LogP contribution in [0.4, 0.5) is 0 Å². The highest BCUT2D eigenvalue weighted by Gasteiger charge is 2.43. The Balaban J connectivity index is 1.60. The molecule has 0 aromatic carbocycles. The van der Waals surface area contributed by atoms with E-state index >= 15 is 0 Å². The molecular formula is C18H21NO2S2. The van der Waals surface area contributed by atoms with Gasteiger partial charge >= 0.3 is 0 Å². The van der Waals surface area contributed by atoms with Crippen LogP contribution in [0.3, 0.4) is 0 Å². The summed E-state index contributed by atoms with van der Waals surface area (Å²) in [4.78, 5) is 27.3. The predicted octanol–water partition coefficient (Wildman–Crippen LogP) is 4.18. The quantitative estimate of drug-likeness (QED) is 0.797. The maximum atomic E-state index is 12.8. The number of ketones is 1. The summed E-state index contributed by atoms with van der Waals surface area (Å²) in [6, 6.07) is 7.97. The maximum absolute atomic E-state index is 12.8. The molecule has 1 aliphatic carbocycles. The molecule has 5 heteroatoms. The largest absolute Gasteiger partial charge is 0.355 e. The lowest BCUT2D eigenvalue weighted by molar-refractivity contribution is -0.126. The van der Waals surface area contributed by atoms with Crippen LogP contribution in [0.15, 0.2) is 29.6 Å². The molecule has 0 spiro atoms. The average molecular weight is 348 g/mol. The molecule has 1 aliphatic rings. The van der Waals surface area contributed by atoms with Gasteiger partial charge in [-0.05, 0) is 49.8 Å². The molecule has 0 aliphatic heterocycles. The highest BCUT2D eigenvalue weighted by Crippen LogP contribution is 2.43. The van der Waals surface area contributed by atoms with E-state index in [0.717, 1.165) is 41.9 Å². The Labute approximate surface area is 144 Å². The van der Waals surface area contributed by atoms with E-state index in [4.69, 9.17) is 0 Å². The van der Waals surface area contributed by atoms with Gasteiger partial charge in [-0.25, -0.2) is 0 Å². The van der Waals surface area contributed by atoms with E-state index in [9.17, 15) is 9.59 Å². The molecule has 23 heavy (non-hydrogen) atoms. The van der Waals surface area contributed by atoms with Gasteiger partial charge in [0.15, 0.2) is 5.78 Å². The van der Waals surface area contributed by atoms with Crippen LogP contribution in [0.25, 0.3) is 0 Å². The van der Waals surface area contributed by atoms with E-state index in [1.54, 1.807) is 18.3 Å². The number of rotatable bonds is 6. The van der Waals surface area contributed by atoms with Crippen LogP contribution >= 0.6 is 22.7 Å². The summed E-state index contributed by atoms with van der Waals surface area (Å²) >= 11 is 3.21. The molecule has 1 fully saturated rings. The third kappa shape index (κ3) is 3.40. The minimum absolute atomic E-state index is 0.105. The average Bonchev–Trinajstić information content (AvgIpc) is 3.27. The van der Waals surface area contributed by atoms with Crippen molar-refractivity contribution in [3.05, 3.63) is 44.3 Å². The molecule has 3 nitrogen and oxygen atoms in total. The molecule has 0 saturated heterocycles. The fourth-order valence-corrected chi connectivity index (χ4v) is 5.17. The lowest BCUT2D eigenvalue weighted by atomic mass is 9.83. The van der Waals surface area contributed by atoms with Crippen molar-refractivity contribution >= 4 is 34.4 Å². The highest BCUT2D eigenvalue weighted by atomic mass is 32.1. The normalized spacial score (nSPS) is 16.4. The topological polar surface area (TPSA) is 46.2 Å². The molecule has 2 aromatic heterocycles. The van der Waals surface area contributed by atoms with Gasteiger partial charge in [0.1, 0.15) is 0 Å². The van der Waals surface area contributed by atoms with Crippen molar-refractivity contribution in [2.45, 2.75) is 44.4 Å². The summed E-state index contributed by atoms with van der Waals surface area (Å²) in [5, 5.41) is 5.18. The first-order valence-electron chi connectivity index (χ1n) is 8.04. The number of thiophene rings is 2. The van der Waals surface area contributed by atoms with Gasteiger partial charge in [0.05, 0.1) is 10.3 Å². The van der Waals surface area contributed by atoms with Crippen molar-refractivity contribution in [1.29, 1.82) is 0 Å². The molecule has 122 valence electrons. The number of hydrogen-bond acceptors (Lipinski definition) is 4. The summed E-state index contributed by atoms with van der Waals surface area (Å²) in [5.74, 6) is 0.272. The Bertz CT molecular complexity index is 682. The third-order valence-corrected chi connectivity index (χ3v) is 6.87. The fraction of sp³-hybridized carbons (Fsp3) is 0.444. The molecule has 2 heterocycles. The van der Waals surface area contributed by atoms with Gasteiger partial charge < -0.3 is 5.32 Å². The highest BCUT2D eigenvalue weighted by molar-refractivity contribution is 7.14. The van der Waals surface area contributed by atoms with Crippen molar-refractivity contribution in [2.75, 3.05) is 6.54 Å². The first-order chi connectivity index (χ1) is 11.1. The molecular weight excluding hydrogens is 326 g/mol. The number of carbonyl (C=O) groups excluding carboxylic acids is 2. The Kier molecular flexibility index (Phi) is 4.97. The Hall–Kier alpha value is -1.46. The van der Waals surface area contributed by atoms with Crippen LogP contribution in [0, 0.1) is 0 Å². The van der Waals surface area contributed by atoms with Gasteiger partial charge in [-0.3, -0.25) is 9.59 Å².